The van der Waals surface area contributed by atoms with Gasteiger partial charge in [0.15, 0.2) is 11.5 Å². The molecule has 6 nitrogen and oxygen atoms in total. The maximum atomic E-state index is 4.88. The standard InChI is InChI=1S/C22H30N6/c1-15-6-5-7-17(24-15)12-23-20-18-8-9-19(25-21(18)27-26-20)16-10-11-28(13-16)14-22(2,3)4/h5-9,16H,10-14H2,1-4H3,(H2,23,25,26,27). The number of hydrogen-bond donors (Lipinski definition) is 2. The predicted molar refractivity (Wildman–Crippen MR) is 113 cm³/mol. The topological polar surface area (TPSA) is 69.7 Å². The van der Waals surface area contributed by atoms with E-state index in [2.05, 4.69) is 58.3 Å². The van der Waals surface area contributed by atoms with E-state index in [0.29, 0.717) is 17.9 Å². The number of fused-ring (bicyclic) bond motifs is 1. The van der Waals surface area contributed by atoms with Crippen LogP contribution in [0.15, 0.2) is 30.3 Å². The molecule has 0 bridgehead atoms. The molecule has 1 saturated heterocycles. The average Bonchev–Trinajstić information content (AvgIpc) is 3.25. The summed E-state index contributed by atoms with van der Waals surface area (Å²) >= 11 is 0. The maximum absolute atomic E-state index is 4.88. The van der Waals surface area contributed by atoms with Gasteiger partial charge in [0.1, 0.15) is 0 Å². The predicted octanol–water partition coefficient (Wildman–Crippen LogP) is 4.11. The highest BCUT2D eigenvalue weighted by Gasteiger charge is 2.28. The number of hydrogen-bond acceptors (Lipinski definition) is 5. The molecule has 3 aromatic rings. The second kappa shape index (κ2) is 7.51. The van der Waals surface area contributed by atoms with Gasteiger partial charge in [0.2, 0.25) is 0 Å². The van der Waals surface area contributed by atoms with E-state index in [1.807, 2.05) is 25.1 Å². The van der Waals surface area contributed by atoms with Crippen molar-refractivity contribution in [1.82, 2.24) is 25.1 Å². The molecule has 0 aromatic carbocycles. The molecule has 28 heavy (non-hydrogen) atoms. The lowest BCUT2D eigenvalue weighted by molar-refractivity contribution is 0.225. The van der Waals surface area contributed by atoms with Crippen LogP contribution < -0.4 is 5.32 Å². The van der Waals surface area contributed by atoms with Gasteiger partial charge in [-0.3, -0.25) is 10.1 Å². The monoisotopic (exact) mass is 378 g/mol. The SMILES string of the molecule is Cc1cccc(CNc2n[nH]c3nc(C4CCN(CC(C)(C)C)C4)ccc23)n1. The second-order valence-electron chi connectivity index (χ2n) is 9.11. The molecule has 0 amide bonds. The highest BCUT2D eigenvalue weighted by molar-refractivity contribution is 5.87. The number of anilines is 1. The molecule has 4 rings (SSSR count). The van der Waals surface area contributed by atoms with Gasteiger partial charge in [0.05, 0.1) is 17.6 Å². The minimum Gasteiger partial charge on any atom is -0.362 e. The molecule has 0 saturated carbocycles. The Bertz CT molecular complexity index is 955. The third-order valence-corrected chi connectivity index (χ3v) is 5.22. The number of aromatic nitrogens is 4. The number of rotatable bonds is 5. The van der Waals surface area contributed by atoms with E-state index >= 15 is 0 Å². The van der Waals surface area contributed by atoms with Crippen LogP contribution in [0.4, 0.5) is 5.82 Å². The Kier molecular flexibility index (Phi) is 5.06. The molecule has 0 aliphatic carbocycles. The Morgan fingerprint density at radius 2 is 2.04 bits per heavy atom. The number of H-pyrrole nitrogens is 1. The van der Waals surface area contributed by atoms with Crippen LogP contribution >= 0.6 is 0 Å². The zero-order valence-electron chi connectivity index (χ0n) is 17.3. The van der Waals surface area contributed by atoms with Gasteiger partial charge in [0.25, 0.3) is 0 Å². The minimum atomic E-state index is 0.336. The van der Waals surface area contributed by atoms with Crippen LogP contribution in [0.1, 0.15) is 50.2 Å². The Morgan fingerprint density at radius 1 is 1.18 bits per heavy atom. The van der Waals surface area contributed by atoms with Gasteiger partial charge in [-0.15, -0.1) is 0 Å². The van der Waals surface area contributed by atoms with E-state index in [0.717, 1.165) is 47.9 Å². The van der Waals surface area contributed by atoms with E-state index in [9.17, 15) is 0 Å². The number of aryl methyl sites for hydroxylation is 1. The summed E-state index contributed by atoms with van der Waals surface area (Å²) in [6.07, 6.45) is 1.17. The van der Waals surface area contributed by atoms with Gasteiger partial charge in [-0.25, -0.2) is 4.98 Å². The molecule has 1 aliphatic rings. The van der Waals surface area contributed by atoms with Gasteiger partial charge < -0.3 is 10.2 Å². The highest BCUT2D eigenvalue weighted by atomic mass is 15.2. The normalized spacial score (nSPS) is 18.1. The van der Waals surface area contributed by atoms with Crippen LogP contribution in [0.3, 0.4) is 0 Å². The molecule has 3 aromatic heterocycles. The van der Waals surface area contributed by atoms with Crippen LogP contribution in [0.25, 0.3) is 11.0 Å². The van der Waals surface area contributed by atoms with E-state index in [4.69, 9.17) is 4.98 Å². The van der Waals surface area contributed by atoms with Crippen molar-refractivity contribution in [2.75, 3.05) is 25.0 Å². The smallest absolute Gasteiger partial charge is 0.157 e. The van der Waals surface area contributed by atoms with Gasteiger partial charge in [0, 0.05) is 30.4 Å². The summed E-state index contributed by atoms with van der Waals surface area (Å²) in [7, 11) is 0. The first kappa shape index (κ1) is 18.9. The molecule has 0 spiro atoms. The summed E-state index contributed by atoms with van der Waals surface area (Å²) in [5.74, 6) is 1.33. The van der Waals surface area contributed by atoms with Gasteiger partial charge >= 0.3 is 0 Å². The van der Waals surface area contributed by atoms with E-state index in [1.54, 1.807) is 0 Å². The van der Waals surface area contributed by atoms with Crippen LogP contribution in [0.5, 0.6) is 0 Å². The average molecular weight is 379 g/mol. The first-order valence-electron chi connectivity index (χ1n) is 10.1. The quantitative estimate of drug-likeness (QED) is 0.699. The van der Waals surface area contributed by atoms with Crippen molar-refractivity contribution in [2.45, 2.75) is 46.6 Å². The third-order valence-electron chi connectivity index (χ3n) is 5.22. The second-order valence-corrected chi connectivity index (χ2v) is 9.11. The molecule has 1 atom stereocenters. The van der Waals surface area contributed by atoms with Crippen molar-refractivity contribution in [2.24, 2.45) is 5.41 Å². The van der Waals surface area contributed by atoms with Crippen LogP contribution in [0.2, 0.25) is 0 Å². The summed E-state index contributed by atoms with van der Waals surface area (Å²) in [5.41, 5.74) is 4.38. The Labute approximate surface area is 166 Å². The Balaban J connectivity index is 1.44. The molecular weight excluding hydrogens is 348 g/mol. The lowest BCUT2D eigenvalue weighted by atomic mass is 9.96. The zero-order valence-corrected chi connectivity index (χ0v) is 17.3. The molecular formula is C22H30N6. The van der Waals surface area contributed by atoms with Crippen molar-refractivity contribution in [3.63, 3.8) is 0 Å². The van der Waals surface area contributed by atoms with E-state index in [1.165, 1.54) is 12.1 Å². The lowest BCUT2D eigenvalue weighted by Crippen LogP contribution is -2.30. The number of nitrogens with one attached hydrogen (secondary N) is 2. The molecule has 6 heteroatoms. The van der Waals surface area contributed by atoms with Crippen molar-refractivity contribution in [3.8, 4) is 0 Å². The van der Waals surface area contributed by atoms with E-state index in [-0.39, 0.29) is 0 Å². The Hall–Kier alpha value is -2.47. The van der Waals surface area contributed by atoms with Gasteiger partial charge in [-0.05, 0) is 49.6 Å². The van der Waals surface area contributed by atoms with E-state index < -0.39 is 0 Å². The molecule has 4 heterocycles. The molecule has 148 valence electrons. The fraction of sp³-hybridized carbons (Fsp3) is 0.500. The molecule has 2 N–H and O–H groups in total. The van der Waals surface area contributed by atoms with Crippen LogP contribution in [-0.4, -0.2) is 44.7 Å². The molecule has 1 aliphatic heterocycles. The zero-order chi connectivity index (χ0) is 19.7. The molecule has 0 radical (unpaired) electrons. The number of nitrogens with zero attached hydrogens (tertiary/aromatic N) is 4. The van der Waals surface area contributed by atoms with Crippen molar-refractivity contribution in [1.29, 1.82) is 0 Å². The van der Waals surface area contributed by atoms with Crippen molar-refractivity contribution < 1.29 is 0 Å². The number of aromatic amines is 1. The summed E-state index contributed by atoms with van der Waals surface area (Å²) in [6, 6.07) is 10.4. The van der Waals surface area contributed by atoms with Crippen molar-refractivity contribution >= 4 is 16.9 Å². The summed E-state index contributed by atoms with van der Waals surface area (Å²) in [6.45, 7) is 12.9. The largest absolute Gasteiger partial charge is 0.362 e. The Morgan fingerprint density at radius 3 is 2.82 bits per heavy atom. The van der Waals surface area contributed by atoms with Gasteiger partial charge in [-0.1, -0.05) is 26.8 Å². The van der Waals surface area contributed by atoms with Crippen molar-refractivity contribution in [3.05, 3.63) is 47.4 Å². The number of likely N-dealkylation sites (tertiary alicyclic amines) is 1. The molecule has 1 unspecified atom stereocenters. The first-order chi connectivity index (χ1) is 13.4. The first-order valence-corrected chi connectivity index (χ1v) is 10.1. The van der Waals surface area contributed by atoms with Crippen LogP contribution in [0, 0.1) is 12.3 Å². The third kappa shape index (κ3) is 4.33. The fourth-order valence-corrected chi connectivity index (χ4v) is 4.04. The summed E-state index contributed by atoms with van der Waals surface area (Å²) < 4.78 is 0. The summed E-state index contributed by atoms with van der Waals surface area (Å²) in [5, 5.41) is 11.9. The highest BCUT2D eigenvalue weighted by Crippen LogP contribution is 2.30. The maximum Gasteiger partial charge on any atom is 0.157 e. The minimum absolute atomic E-state index is 0.336. The van der Waals surface area contributed by atoms with Gasteiger partial charge in [-0.2, -0.15) is 5.10 Å². The lowest BCUT2D eigenvalue weighted by Gasteiger charge is -2.26. The summed E-state index contributed by atoms with van der Waals surface area (Å²) in [4.78, 5) is 12.0. The number of pyridine rings is 2. The fourth-order valence-electron chi connectivity index (χ4n) is 4.04. The molecule has 1 fully saturated rings. The van der Waals surface area contributed by atoms with Crippen LogP contribution in [-0.2, 0) is 6.54 Å².